The number of hydrogen-bond acceptors (Lipinski definition) is 2. The maximum Gasteiger partial charge on any atom is 0.143 e. The van der Waals surface area contributed by atoms with E-state index in [9.17, 15) is 0 Å². The lowest BCUT2D eigenvalue weighted by atomic mass is 9.89. The number of nitrogens with zero attached hydrogens (tertiary/aromatic N) is 1. The van der Waals surface area contributed by atoms with Crippen LogP contribution in [0.1, 0.15) is 12.0 Å². The summed E-state index contributed by atoms with van der Waals surface area (Å²) in [6.45, 7) is 0. The van der Waals surface area contributed by atoms with Crippen LogP contribution in [0.2, 0.25) is 0 Å². The van der Waals surface area contributed by atoms with Crippen LogP contribution in [0.25, 0.3) is 60.2 Å². The van der Waals surface area contributed by atoms with Crippen LogP contribution in [-0.4, -0.2) is 6.04 Å². The summed E-state index contributed by atoms with van der Waals surface area (Å²) in [5, 5.41) is 7.19. The quantitative estimate of drug-likeness (QED) is 0.199. The largest absolute Gasteiger partial charge is 0.455 e. The molecule has 7 aromatic carbocycles. The van der Waals surface area contributed by atoms with Crippen molar-refractivity contribution in [3.63, 3.8) is 0 Å². The SMILES string of the molecule is C1=CC(N(c2ccccc2)c2ccccc2-c2ccc3oc4c5ccccc5ccc4c3c2)CC(c2cccc3ccccc23)=C1. The maximum atomic E-state index is 6.46. The highest BCUT2D eigenvalue weighted by Crippen LogP contribution is 2.42. The second kappa shape index (κ2) is 10.9. The van der Waals surface area contributed by atoms with Gasteiger partial charge in [0.1, 0.15) is 11.2 Å². The first-order valence-electron chi connectivity index (χ1n) is 15.9. The summed E-state index contributed by atoms with van der Waals surface area (Å²) < 4.78 is 6.46. The molecule has 0 amide bonds. The molecule has 0 saturated carbocycles. The van der Waals surface area contributed by atoms with E-state index in [4.69, 9.17) is 4.42 Å². The summed E-state index contributed by atoms with van der Waals surface area (Å²) in [4.78, 5) is 2.51. The third kappa shape index (κ3) is 4.42. The summed E-state index contributed by atoms with van der Waals surface area (Å²) in [5.74, 6) is 0. The predicted octanol–water partition coefficient (Wildman–Crippen LogP) is 12.1. The van der Waals surface area contributed by atoms with Crippen LogP contribution in [-0.2, 0) is 0 Å². The molecule has 1 heterocycles. The van der Waals surface area contributed by atoms with E-state index >= 15 is 0 Å². The lowest BCUT2D eigenvalue weighted by Crippen LogP contribution is -2.31. The number of furan rings is 1. The van der Waals surface area contributed by atoms with Gasteiger partial charge in [0, 0.05) is 33.1 Å². The topological polar surface area (TPSA) is 16.4 Å². The second-order valence-electron chi connectivity index (χ2n) is 12.1. The number of hydrogen-bond donors (Lipinski definition) is 0. The van der Waals surface area contributed by atoms with Gasteiger partial charge in [-0.1, -0.05) is 133 Å². The number of benzene rings is 7. The Hall–Kier alpha value is -5.86. The molecule has 0 fully saturated rings. The molecule has 2 heteroatoms. The zero-order chi connectivity index (χ0) is 30.5. The summed E-state index contributed by atoms with van der Waals surface area (Å²) in [7, 11) is 0. The molecule has 0 N–H and O–H groups in total. The molecular weight excluding hydrogens is 558 g/mol. The fourth-order valence-corrected chi connectivity index (χ4v) is 7.24. The summed E-state index contributed by atoms with van der Waals surface area (Å²) in [5.41, 5.74) is 9.23. The highest BCUT2D eigenvalue weighted by molar-refractivity contribution is 6.15. The van der Waals surface area contributed by atoms with Gasteiger partial charge >= 0.3 is 0 Å². The van der Waals surface area contributed by atoms with Gasteiger partial charge in [0.25, 0.3) is 0 Å². The average molecular weight is 590 g/mol. The van der Waals surface area contributed by atoms with E-state index in [2.05, 4.69) is 175 Å². The van der Waals surface area contributed by atoms with Gasteiger partial charge in [-0.3, -0.25) is 0 Å². The van der Waals surface area contributed by atoms with E-state index in [-0.39, 0.29) is 6.04 Å². The van der Waals surface area contributed by atoms with Crippen LogP contribution in [0.5, 0.6) is 0 Å². The first kappa shape index (κ1) is 26.5. The van der Waals surface area contributed by atoms with Crippen LogP contribution < -0.4 is 4.90 Å². The van der Waals surface area contributed by atoms with Crippen LogP contribution >= 0.6 is 0 Å². The molecule has 0 radical (unpaired) electrons. The predicted molar refractivity (Wildman–Crippen MR) is 195 cm³/mol. The molecule has 1 atom stereocenters. The Kier molecular flexibility index (Phi) is 6.31. The fraction of sp³-hybridized carbons (Fsp3) is 0.0455. The molecule has 0 bridgehead atoms. The van der Waals surface area contributed by atoms with Gasteiger partial charge in [-0.05, 0) is 75.7 Å². The molecule has 46 heavy (non-hydrogen) atoms. The second-order valence-corrected chi connectivity index (χ2v) is 12.1. The van der Waals surface area contributed by atoms with Crippen LogP contribution in [0.3, 0.4) is 0 Å². The Bertz CT molecular complexity index is 2460. The molecule has 1 aliphatic rings. The number of fused-ring (bicyclic) bond motifs is 6. The third-order valence-corrected chi connectivity index (χ3v) is 9.40. The van der Waals surface area contributed by atoms with Gasteiger partial charge in [0.15, 0.2) is 0 Å². The van der Waals surface area contributed by atoms with Crippen molar-refractivity contribution < 1.29 is 4.42 Å². The van der Waals surface area contributed by atoms with Crippen molar-refractivity contribution in [3.05, 3.63) is 175 Å². The van der Waals surface area contributed by atoms with E-state index in [1.54, 1.807) is 0 Å². The minimum atomic E-state index is 0.132. The summed E-state index contributed by atoms with van der Waals surface area (Å²) in [6.07, 6.45) is 7.76. The van der Waals surface area contributed by atoms with E-state index in [1.165, 1.54) is 49.8 Å². The van der Waals surface area contributed by atoms with Crippen molar-refractivity contribution in [1.82, 2.24) is 0 Å². The van der Waals surface area contributed by atoms with Gasteiger partial charge in [-0.25, -0.2) is 0 Å². The van der Waals surface area contributed by atoms with Gasteiger partial charge in [0.2, 0.25) is 0 Å². The molecule has 1 aliphatic carbocycles. The molecular formula is C44H31NO. The molecule has 1 unspecified atom stereocenters. The zero-order valence-electron chi connectivity index (χ0n) is 25.3. The lowest BCUT2D eigenvalue weighted by molar-refractivity contribution is 0.672. The molecule has 8 aromatic rings. The first-order valence-corrected chi connectivity index (χ1v) is 15.9. The Morgan fingerprint density at radius 3 is 2.15 bits per heavy atom. The Balaban J connectivity index is 1.17. The van der Waals surface area contributed by atoms with Crippen LogP contribution in [0.4, 0.5) is 11.4 Å². The molecule has 218 valence electrons. The van der Waals surface area contributed by atoms with E-state index in [1.807, 2.05) is 0 Å². The van der Waals surface area contributed by atoms with E-state index in [0.29, 0.717) is 0 Å². The summed E-state index contributed by atoms with van der Waals surface area (Å²) in [6, 6.07) is 54.5. The molecule has 9 rings (SSSR count). The molecule has 0 spiro atoms. The molecule has 0 saturated heterocycles. The smallest absolute Gasteiger partial charge is 0.143 e. The van der Waals surface area contributed by atoms with Crippen molar-refractivity contribution in [2.45, 2.75) is 12.5 Å². The minimum Gasteiger partial charge on any atom is -0.455 e. The monoisotopic (exact) mass is 589 g/mol. The van der Waals surface area contributed by atoms with Gasteiger partial charge in [0.05, 0.1) is 6.04 Å². The third-order valence-electron chi connectivity index (χ3n) is 9.40. The number of anilines is 2. The average Bonchev–Trinajstić information content (AvgIpc) is 3.51. The van der Waals surface area contributed by atoms with E-state index < -0.39 is 0 Å². The van der Waals surface area contributed by atoms with Crippen LogP contribution in [0.15, 0.2) is 174 Å². The number of para-hydroxylation sites is 2. The van der Waals surface area contributed by atoms with Crippen molar-refractivity contribution in [2.24, 2.45) is 0 Å². The highest BCUT2D eigenvalue weighted by atomic mass is 16.3. The first-order chi connectivity index (χ1) is 22.8. The maximum absolute atomic E-state index is 6.46. The van der Waals surface area contributed by atoms with Gasteiger partial charge in [-0.2, -0.15) is 0 Å². The molecule has 2 nitrogen and oxygen atoms in total. The fourth-order valence-electron chi connectivity index (χ4n) is 7.24. The van der Waals surface area contributed by atoms with E-state index in [0.717, 1.165) is 33.7 Å². The van der Waals surface area contributed by atoms with Crippen molar-refractivity contribution in [3.8, 4) is 11.1 Å². The number of rotatable bonds is 5. The highest BCUT2D eigenvalue weighted by Gasteiger charge is 2.25. The van der Waals surface area contributed by atoms with Gasteiger partial charge < -0.3 is 9.32 Å². The Morgan fingerprint density at radius 2 is 1.26 bits per heavy atom. The minimum absolute atomic E-state index is 0.132. The van der Waals surface area contributed by atoms with Crippen molar-refractivity contribution >= 4 is 60.4 Å². The standard InChI is InChI=1S/C44H31NO/c1-2-16-34(17-3-1)45(35-18-10-15-32(28-35)37-22-11-14-30-12-4-6-19-36(30)37)42-23-9-8-20-38(42)33-25-27-43-41(29-33)40-26-24-31-13-5-7-21-39(31)44(40)46-43/h1-27,29,35H,28H2. The summed E-state index contributed by atoms with van der Waals surface area (Å²) >= 11 is 0. The Labute approximate surface area is 268 Å². The van der Waals surface area contributed by atoms with Crippen LogP contribution in [0, 0.1) is 0 Å². The number of allylic oxidation sites excluding steroid dienone is 2. The molecule has 0 aliphatic heterocycles. The van der Waals surface area contributed by atoms with Crippen molar-refractivity contribution in [2.75, 3.05) is 4.90 Å². The zero-order valence-corrected chi connectivity index (χ0v) is 25.3. The normalized spacial score (nSPS) is 14.7. The van der Waals surface area contributed by atoms with Crippen molar-refractivity contribution in [1.29, 1.82) is 0 Å². The molecule has 1 aromatic heterocycles. The van der Waals surface area contributed by atoms with Gasteiger partial charge in [-0.15, -0.1) is 0 Å². The lowest BCUT2D eigenvalue weighted by Gasteiger charge is -2.35. The Morgan fingerprint density at radius 1 is 0.543 bits per heavy atom.